The second-order valence-corrected chi connectivity index (χ2v) is 14.0. The van der Waals surface area contributed by atoms with Crippen molar-refractivity contribution >= 4 is 23.4 Å². The zero-order valence-corrected chi connectivity index (χ0v) is 24.5. The van der Waals surface area contributed by atoms with Gasteiger partial charge in [0.1, 0.15) is 17.5 Å². The quantitative estimate of drug-likeness (QED) is 0.338. The average Bonchev–Trinajstić information content (AvgIpc) is 2.96. The Bertz CT molecular complexity index is 1270. The van der Waals surface area contributed by atoms with Gasteiger partial charge in [-0.1, -0.05) is 29.8 Å². The molecule has 0 amide bonds. The Morgan fingerprint density at radius 1 is 1.05 bits per heavy atom. The van der Waals surface area contributed by atoms with Crippen molar-refractivity contribution in [2.75, 3.05) is 30.3 Å². The Hall–Kier alpha value is -2.44. The molecule has 5 atom stereocenters. The predicted molar refractivity (Wildman–Crippen MR) is 161 cm³/mol. The molecule has 8 rings (SSSR count). The number of anilines is 2. The summed E-state index contributed by atoms with van der Waals surface area (Å²) in [5.74, 6) is 3.46. The molecule has 1 aromatic carbocycles. The number of aliphatic hydroxyl groups excluding tert-OH is 1. The van der Waals surface area contributed by atoms with Crippen LogP contribution in [0.3, 0.4) is 0 Å². The fourth-order valence-corrected chi connectivity index (χ4v) is 9.32. The van der Waals surface area contributed by atoms with E-state index in [2.05, 4.69) is 31.9 Å². The summed E-state index contributed by atoms with van der Waals surface area (Å²) in [4.78, 5) is 11.6. The lowest BCUT2D eigenvalue weighted by Gasteiger charge is -2.61. The van der Waals surface area contributed by atoms with Gasteiger partial charge in [0.25, 0.3) is 0 Å². The van der Waals surface area contributed by atoms with Crippen molar-refractivity contribution in [3.63, 3.8) is 0 Å². The molecule has 2 aromatic rings. The third kappa shape index (κ3) is 5.67. The molecule has 1 aliphatic heterocycles. The fourth-order valence-electron chi connectivity index (χ4n) is 9.12. The Morgan fingerprint density at radius 2 is 1.80 bits per heavy atom. The van der Waals surface area contributed by atoms with Crippen LogP contribution in [0.15, 0.2) is 30.5 Å². The predicted octanol–water partition coefficient (Wildman–Crippen LogP) is 4.80. The van der Waals surface area contributed by atoms with Gasteiger partial charge in [-0.3, -0.25) is 4.90 Å². The summed E-state index contributed by atoms with van der Waals surface area (Å²) < 4.78 is 0. The average molecular weight is 576 g/mol. The number of hydrogen-bond donors (Lipinski definition) is 4. The molecule has 8 nitrogen and oxygen atoms in total. The van der Waals surface area contributed by atoms with Crippen molar-refractivity contribution < 1.29 is 5.11 Å². The number of nitrogens with one attached hydrogen (secondary N) is 3. The highest BCUT2D eigenvalue weighted by Crippen LogP contribution is 2.60. The van der Waals surface area contributed by atoms with E-state index in [1.165, 1.54) is 57.8 Å². The zero-order valence-electron chi connectivity index (χ0n) is 23.7. The zero-order chi connectivity index (χ0) is 28.0. The molecule has 41 heavy (non-hydrogen) atoms. The van der Waals surface area contributed by atoms with Crippen LogP contribution in [0.5, 0.6) is 0 Å². The van der Waals surface area contributed by atoms with E-state index >= 15 is 0 Å². The molecule has 6 fully saturated rings. The number of hydrogen-bond acceptors (Lipinski definition) is 8. The summed E-state index contributed by atoms with van der Waals surface area (Å²) in [7, 11) is 0. The van der Waals surface area contributed by atoms with Crippen LogP contribution in [0.2, 0.25) is 5.02 Å². The van der Waals surface area contributed by atoms with E-state index in [-0.39, 0.29) is 11.5 Å². The number of aliphatic hydroxyl groups is 1. The monoisotopic (exact) mass is 575 g/mol. The maximum absolute atomic E-state index is 9.75. The minimum Gasteiger partial charge on any atom is -0.390 e. The standard InChI is InChI=1S/C32H42ClN7O/c33-28-4-2-1-3-21(28)15-35-31-36-16-24(14-34)30(39-31)37-19-32-11-20-9-22(12-32)29(23(10-20)13-32)38-25-5-7-26(8-6-25)40-17-27(41)18-40/h1-4,16,20,22-23,25-27,29,38,41H,5-13,15,17-19H2,(H2,35,36,37,39)/t20?,22-,23+,25?,26?,29?,32?. The highest BCUT2D eigenvalue weighted by molar-refractivity contribution is 6.31. The Labute approximate surface area is 248 Å². The summed E-state index contributed by atoms with van der Waals surface area (Å²) in [6.45, 7) is 3.14. The van der Waals surface area contributed by atoms with Crippen LogP contribution in [0.4, 0.5) is 11.8 Å². The highest BCUT2D eigenvalue weighted by Gasteiger charge is 2.55. The van der Waals surface area contributed by atoms with Gasteiger partial charge in [-0.15, -0.1) is 0 Å². The lowest BCUT2D eigenvalue weighted by molar-refractivity contribution is -0.0749. The van der Waals surface area contributed by atoms with Gasteiger partial charge >= 0.3 is 0 Å². The minimum atomic E-state index is -0.0977. The maximum Gasteiger partial charge on any atom is 0.224 e. The van der Waals surface area contributed by atoms with E-state index in [1.54, 1.807) is 6.20 Å². The molecule has 1 saturated heterocycles. The summed E-state index contributed by atoms with van der Waals surface area (Å²) in [6.07, 6.45) is 13.1. The molecule has 6 aliphatic rings. The lowest BCUT2D eigenvalue weighted by atomic mass is 9.47. The number of nitriles is 1. The van der Waals surface area contributed by atoms with Crippen molar-refractivity contribution in [2.24, 2.45) is 23.2 Å². The van der Waals surface area contributed by atoms with Gasteiger partial charge < -0.3 is 21.1 Å². The number of likely N-dealkylation sites (tertiary alicyclic amines) is 1. The van der Waals surface area contributed by atoms with Crippen molar-refractivity contribution in [2.45, 2.75) is 88.6 Å². The first kappa shape index (κ1) is 27.4. The third-order valence-electron chi connectivity index (χ3n) is 10.9. The summed E-state index contributed by atoms with van der Waals surface area (Å²) in [5.41, 5.74) is 1.76. The van der Waals surface area contributed by atoms with Crippen molar-refractivity contribution in [1.82, 2.24) is 20.2 Å². The third-order valence-corrected chi connectivity index (χ3v) is 11.2. The first-order valence-electron chi connectivity index (χ1n) is 15.6. The highest BCUT2D eigenvalue weighted by atomic mass is 35.5. The van der Waals surface area contributed by atoms with E-state index in [0.29, 0.717) is 47.0 Å². The minimum absolute atomic E-state index is 0.0977. The number of benzene rings is 1. The second kappa shape index (κ2) is 11.3. The summed E-state index contributed by atoms with van der Waals surface area (Å²) >= 11 is 6.31. The lowest BCUT2D eigenvalue weighted by Crippen LogP contribution is -2.62. The van der Waals surface area contributed by atoms with Gasteiger partial charge in [-0.2, -0.15) is 10.2 Å². The molecule has 5 saturated carbocycles. The molecule has 0 radical (unpaired) electrons. The number of halogens is 1. The van der Waals surface area contributed by atoms with Gasteiger partial charge in [0.2, 0.25) is 5.95 Å². The van der Waals surface area contributed by atoms with Crippen LogP contribution in [0.25, 0.3) is 0 Å². The van der Waals surface area contributed by atoms with Gasteiger partial charge in [-0.25, -0.2) is 4.98 Å². The van der Waals surface area contributed by atoms with Gasteiger partial charge in [0.15, 0.2) is 0 Å². The maximum atomic E-state index is 9.75. The molecular formula is C32H42ClN7O. The van der Waals surface area contributed by atoms with Crippen molar-refractivity contribution in [3.05, 3.63) is 46.6 Å². The summed E-state index contributed by atoms with van der Waals surface area (Å²) in [5, 5.41) is 31.2. The van der Waals surface area contributed by atoms with E-state index in [9.17, 15) is 10.4 Å². The number of nitrogens with zero attached hydrogens (tertiary/aromatic N) is 4. The molecule has 5 aliphatic carbocycles. The van der Waals surface area contributed by atoms with Crippen LogP contribution in [-0.2, 0) is 6.54 Å². The van der Waals surface area contributed by atoms with E-state index < -0.39 is 0 Å². The largest absolute Gasteiger partial charge is 0.390 e. The first-order valence-corrected chi connectivity index (χ1v) is 16.0. The Kier molecular flexibility index (Phi) is 7.57. The van der Waals surface area contributed by atoms with Crippen LogP contribution in [0.1, 0.15) is 68.9 Å². The first-order chi connectivity index (χ1) is 20.0. The molecular weight excluding hydrogens is 534 g/mol. The van der Waals surface area contributed by atoms with Crippen molar-refractivity contribution in [1.29, 1.82) is 5.26 Å². The summed E-state index contributed by atoms with van der Waals surface area (Å²) in [6, 6.07) is 12.0. The van der Waals surface area contributed by atoms with E-state index in [4.69, 9.17) is 16.6 Å². The second-order valence-electron chi connectivity index (χ2n) is 13.6. The fraction of sp³-hybridized carbons (Fsp3) is 0.656. The Balaban J connectivity index is 0.962. The van der Waals surface area contributed by atoms with Gasteiger partial charge in [-0.05, 0) is 92.6 Å². The molecule has 218 valence electrons. The number of β-amino-alcohol motifs (C(OH)–C–C–N with tert-alkyl or cyclic N) is 1. The molecule has 4 N–H and O–H groups in total. The smallest absolute Gasteiger partial charge is 0.224 e. The molecule has 0 spiro atoms. The number of rotatable bonds is 9. The van der Waals surface area contributed by atoms with Crippen LogP contribution < -0.4 is 16.0 Å². The molecule has 1 aromatic heterocycles. The molecule has 4 bridgehead atoms. The van der Waals surface area contributed by atoms with Crippen LogP contribution in [0, 0.1) is 34.5 Å². The molecule has 9 heteroatoms. The Morgan fingerprint density at radius 3 is 2.51 bits per heavy atom. The molecule has 3 unspecified atom stereocenters. The number of aromatic nitrogens is 2. The van der Waals surface area contributed by atoms with E-state index in [1.807, 2.05) is 24.3 Å². The topological polar surface area (TPSA) is 109 Å². The van der Waals surface area contributed by atoms with Crippen molar-refractivity contribution in [3.8, 4) is 6.07 Å². The molecule has 2 heterocycles. The van der Waals surface area contributed by atoms with E-state index in [0.717, 1.165) is 43.0 Å². The SMILES string of the molecule is N#Cc1cnc(NCc2ccccc2Cl)nc1NCC12CC3C[C@H](C1)C(NC1CCC(N4CC(O)C4)CC1)[C@@H](C3)C2. The van der Waals surface area contributed by atoms with Crippen LogP contribution in [-0.4, -0.2) is 63.8 Å². The van der Waals surface area contributed by atoms with Gasteiger partial charge in [0.05, 0.1) is 12.3 Å². The van der Waals surface area contributed by atoms with Gasteiger partial charge in [0, 0.05) is 49.3 Å². The normalized spacial score (nSPS) is 34.7. The van der Waals surface area contributed by atoms with Crippen LogP contribution >= 0.6 is 11.6 Å².